The molecule has 0 spiro atoms. The highest BCUT2D eigenvalue weighted by Gasteiger charge is 2.25. The number of hydrogen-bond donors (Lipinski definition) is 0. The number of hydrogen-bond acceptors (Lipinski definition) is 5. The Kier molecular flexibility index (Phi) is 3.09. The van der Waals surface area contributed by atoms with Crippen molar-refractivity contribution in [2.24, 2.45) is 0 Å². The summed E-state index contributed by atoms with van der Waals surface area (Å²) in [4.78, 5) is 23.7. The van der Waals surface area contributed by atoms with E-state index in [1.54, 1.807) is 6.33 Å². The summed E-state index contributed by atoms with van der Waals surface area (Å²) in [5.41, 5.74) is -0.628. The minimum Gasteiger partial charge on any atom is -0.329 e. The zero-order valence-electron chi connectivity index (χ0n) is 10.8. The molecule has 1 aliphatic heterocycles. The summed E-state index contributed by atoms with van der Waals surface area (Å²) in [6.07, 6.45) is 1.58. The molecule has 0 unspecified atom stereocenters. The number of nitro benzene ring substituents is 1. The van der Waals surface area contributed by atoms with Crippen molar-refractivity contribution in [3.05, 3.63) is 51.8 Å². The lowest BCUT2D eigenvalue weighted by Crippen LogP contribution is -2.38. The van der Waals surface area contributed by atoms with Gasteiger partial charge in [-0.25, -0.2) is 0 Å². The summed E-state index contributed by atoms with van der Waals surface area (Å²) in [6.45, 7) is 1.26. The average Bonchev–Trinajstić information content (AvgIpc) is 2.94. The van der Waals surface area contributed by atoms with Gasteiger partial charge in [-0.05, 0) is 12.1 Å². The van der Waals surface area contributed by atoms with E-state index in [1.807, 2.05) is 4.57 Å². The molecule has 0 N–H and O–H groups in total. The third kappa shape index (κ3) is 2.33. The van der Waals surface area contributed by atoms with E-state index in [-0.39, 0.29) is 12.1 Å². The molecule has 8 nitrogen and oxygen atoms in total. The SMILES string of the molecule is O=C(c1ccc(F)c([N+](=O)[O-])c1)N1CCn2cnnc2C1. The van der Waals surface area contributed by atoms with Crippen LogP contribution in [-0.4, -0.2) is 37.0 Å². The minimum atomic E-state index is -0.963. The molecule has 1 aromatic carbocycles. The lowest BCUT2D eigenvalue weighted by atomic mass is 10.1. The van der Waals surface area contributed by atoms with Gasteiger partial charge in [0.2, 0.25) is 5.82 Å². The van der Waals surface area contributed by atoms with Crippen LogP contribution in [0.3, 0.4) is 0 Å². The van der Waals surface area contributed by atoms with Crippen molar-refractivity contribution in [2.45, 2.75) is 13.1 Å². The van der Waals surface area contributed by atoms with Gasteiger partial charge >= 0.3 is 5.69 Å². The molecular formula is C12H10FN5O3. The minimum absolute atomic E-state index is 0.0797. The van der Waals surface area contributed by atoms with Crippen LogP contribution in [0.1, 0.15) is 16.2 Å². The summed E-state index contributed by atoms with van der Waals surface area (Å²) in [5, 5.41) is 18.4. The van der Waals surface area contributed by atoms with Gasteiger partial charge in [0.05, 0.1) is 11.5 Å². The molecule has 1 amide bonds. The standard InChI is InChI=1S/C12H10FN5O3/c13-9-2-1-8(5-10(9)18(20)21)12(19)16-3-4-17-7-14-15-11(17)6-16/h1-2,5,7H,3-4,6H2. The van der Waals surface area contributed by atoms with Crippen LogP contribution in [0.4, 0.5) is 10.1 Å². The van der Waals surface area contributed by atoms with E-state index < -0.39 is 22.3 Å². The van der Waals surface area contributed by atoms with E-state index in [0.29, 0.717) is 18.9 Å². The molecule has 0 radical (unpaired) electrons. The molecule has 0 bridgehead atoms. The van der Waals surface area contributed by atoms with Crippen molar-refractivity contribution >= 4 is 11.6 Å². The predicted molar refractivity (Wildman–Crippen MR) is 67.8 cm³/mol. The number of fused-ring (bicyclic) bond motifs is 1. The second-order valence-corrected chi connectivity index (χ2v) is 4.59. The van der Waals surface area contributed by atoms with E-state index in [9.17, 15) is 19.3 Å². The summed E-state index contributed by atoms with van der Waals surface area (Å²) in [6, 6.07) is 3.12. The van der Waals surface area contributed by atoms with Crippen molar-refractivity contribution < 1.29 is 14.1 Å². The zero-order chi connectivity index (χ0) is 15.0. The summed E-state index contributed by atoms with van der Waals surface area (Å²) < 4.78 is 15.1. The highest BCUT2D eigenvalue weighted by molar-refractivity contribution is 5.94. The van der Waals surface area contributed by atoms with Gasteiger partial charge in [0.15, 0.2) is 5.82 Å². The van der Waals surface area contributed by atoms with Crippen LogP contribution in [0.25, 0.3) is 0 Å². The van der Waals surface area contributed by atoms with Crippen LogP contribution in [0, 0.1) is 15.9 Å². The number of carbonyl (C=O) groups is 1. The third-order valence-electron chi connectivity index (χ3n) is 3.32. The van der Waals surface area contributed by atoms with Gasteiger partial charge in [0.25, 0.3) is 5.91 Å². The summed E-state index contributed by atoms with van der Waals surface area (Å²) in [7, 11) is 0. The Hall–Kier alpha value is -2.84. The van der Waals surface area contributed by atoms with Crippen LogP contribution >= 0.6 is 0 Å². The van der Waals surface area contributed by atoms with Gasteiger partial charge < -0.3 is 9.47 Å². The molecule has 0 saturated carbocycles. The number of amides is 1. The van der Waals surface area contributed by atoms with Crippen LogP contribution in [0.15, 0.2) is 24.5 Å². The van der Waals surface area contributed by atoms with Gasteiger partial charge in [-0.15, -0.1) is 10.2 Å². The molecule has 3 rings (SSSR count). The molecule has 0 fully saturated rings. The lowest BCUT2D eigenvalue weighted by molar-refractivity contribution is -0.387. The predicted octanol–water partition coefficient (Wildman–Crippen LogP) is 0.981. The first-order valence-electron chi connectivity index (χ1n) is 6.16. The van der Waals surface area contributed by atoms with Crippen molar-refractivity contribution in [3.63, 3.8) is 0 Å². The molecule has 9 heteroatoms. The molecule has 21 heavy (non-hydrogen) atoms. The van der Waals surface area contributed by atoms with E-state index in [4.69, 9.17) is 0 Å². The Balaban J connectivity index is 1.86. The van der Waals surface area contributed by atoms with E-state index in [0.717, 1.165) is 12.1 Å². The fourth-order valence-corrected chi connectivity index (χ4v) is 2.21. The smallest absolute Gasteiger partial charge is 0.305 e. The van der Waals surface area contributed by atoms with Crippen LogP contribution < -0.4 is 0 Å². The van der Waals surface area contributed by atoms with Gasteiger partial charge in [-0.1, -0.05) is 0 Å². The van der Waals surface area contributed by atoms with Crippen molar-refractivity contribution in [2.75, 3.05) is 6.54 Å². The Morgan fingerprint density at radius 1 is 1.38 bits per heavy atom. The third-order valence-corrected chi connectivity index (χ3v) is 3.32. The molecule has 0 saturated heterocycles. The molecular weight excluding hydrogens is 281 g/mol. The van der Waals surface area contributed by atoms with Crippen molar-refractivity contribution in [3.8, 4) is 0 Å². The summed E-state index contributed by atoms with van der Waals surface area (Å²) in [5.74, 6) is -0.714. The van der Waals surface area contributed by atoms with E-state index >= 15 is 0 Å². The summed E-state index contributed by atoms with van der Waals surface area (Å²) >= 11 is 0. The molecule has 108 valence electrons. The first-order chi connectivity index (χ1) is 10.1. The first kappa shape index (κ1) is 13.2. The van der Waals surface area contributed by atoms with E-state index in [2.05, 4.69) is 10.2 Å². The number of rotatable bonds is 2. The second-order valence-electron chi connectivity index (χ2n) is 4.59. The fourth-order valence-electron chi connectivity index (χ4n) is 2.21. The Morgan fingerprint density at radius 3 is 2.95 bits per heavy atom. The van der Waals surface area contributed by atoms with Gasteiger partial charge in [0, 0.05) is 24.7 Å². The highest BCUT2D eigenvalue weighted by atomic mass is 19.1. The van der Waals surface area contributed by atoms with Gasteiger partial charge in [-0.3, -0.25) is 14.9 Å². The maximum Gasteiger partial charge on any atom is 0.305 e. The quantitative estimate of drug-likeness (QED) is 0.607. The number of aromatic nitrogens is 3. The Labute approximate surface area is 118 Å². The van der Waals surface area contributed by atoms with Crippen LogP contribution in [0.5, 0.6) is 0 Å². The topological polar surface area (TPSA) is 94.2 Å². The maximum atomic E-state index is 13.3. The monoisotopic (exact) mass is 291 g/mol. The number of nitro groups is 1. The maximum absolute atomic E-state index is 13.3. The van der Waals surface area contributed by atoms with Gasteiger partial charge in [0.1, 0.15) is 6.33 Å². The number of nitrogens with zero attached hydrogens (tertiary/aromatic N) is 5. The zero-order valence-corrected chi connectivity index (χ0v) is 10.8. The van der Waals surface area contributed by atoms with Gasteiger partial charge in [-0.2, -0.15) is 4.39 Å². The molecule has 1 aliphatic rings. The first-order valence-corrected chi connectivity index (χ1v) is 6.16. The largest absolute Gasteiger partial charge is 0.329 e. The number of benzene rings is 1. The van der Waals surface area contributed by atoms with Crippen LogP contribution in [0.2, 0.25) is 0 Å². The molecule has 0 aliphatic carbocycles. The van der Waals surface area contributed by atoms with Crippen molar-refractivity contribution in [1.29, 1.82) is 0 Å². The molecule has 2 aromatic rings. The normalized spacial score (nSPS) is 13.9. The lowest BCUT2D eigenvalue weighted by Gasteiger charge is -2.27. The fraction of sp³-hybridized carbons (Fsp3) is 0.250. The second kappa shape index (κ2) is 4.93. The van der Waals surface area contributed by atoms with Crippen molar-refractivity contribution in [1.82, 2.24) is 19.7 Å². The Bertz CT molecular complexity index is 729. The van der Waals surface area contributed by atoms with E-state index in [1.165, 1.54) is 11.0 Å². The van der Waals surface area contributed by atoms with Crippen LogP contribution in [-0.2, 0) is 13.1 Å². The molecule has 0 atom stereocenters. The number of halogens is 1. The number of carbonyl (C=O) groups excluding carboxylic acids is 1. The molecule has 1 aromatic heterocycles. The Morgan fingerprint density at radius 2 is 2.19 bits per heavy atom. The average molecular weight is 291 g/mol. The highest BCUT2D eigenvalue weighted by Crippen LogP contribution is 2.21. The molecule has 2 heterocycles.